The number of ketones is 1. The SMILES string of the molecule is Cc1cc(C(=O)c2c3n(c4ccccc24)CCCC3)cc2ccccc12. The number of benzene rings is 3. The number of fused-ring (bicyclic) bond motifs is 4. The summed E-state index contributed by atoms with van der Waals surface area (Å²) in [5, 5.41) is 3.45. The molecule has 3 aromatic carbocycles. The van der Waals surface area contributed by atoms with Crippen molar-refractivity contribution in [2.45, 2.75) is 32.7 Å². The maximum Gasteiger partial charge on any atom is 0.195 e. The van der Waals surface area contributed by atoms with E-state index in [0.717, 1.165) is 46.8 Å². The van der Waals surface area contributed by atoms with Crippen molar-refractivity contribution in [3.05, 3.63) is 83.0 Å². The van der Waals surface area contributed by atoms with Crippen LogP contribution in [-0.2, 0) is 13.0 Å². The Morgan fingerprint density at radius 2 is 1.69 bits per heavy atom. The van der Waals surface area contributed by atoms with Gasteiger partial charge in [-0.2, -0.15) is 0 Å². The highest BCUT2D eigenvalue weighted by Gasteiger charge is 2.25. The third-order valence-corrected chi connectivity index (χ3v) is 5.68. The largest absolute Gasteiger partial charge is 0.344 e. The Morgan fingerprint density at radius 1 is 0.923 bits per heavy atom. The summed E-state index contributed by atoms with van der Waals surface area (Å²) in [6, 6.07) is 20.7. The molecule has 2 nitrogen and oxygen atoms in total. The normalized spacial score (nSPS) is 13.9. The van der Waals surface area contributed by atoms with E-state index in [1.54, 1.807) is 0 Å². The van der Waals surface area contributed by atoms with Crippen LogP contribution in [0.5, 0.6) is 0 Å². The van der Waals surface area contributed by atoms with Crippen LogP contribution in [0, 0.1) is 6.92 Å². The topological polar surface area (TPSA) is 22.0 Å². The molecule has 2 heteroatoms. The Bertz CT molecular complexity index is 1170. The average Bonchev–Trinajstić information content (AvgIpc) is 3.02. The van der Waals surface area contributed by atoms with Gasteiger partial charge in [0, 0.05) is 28.7 Å². The summed E-state index contributed by atoms with van der Waals surface area (Å²) in [6.45, 7) is 3.10. The predicted octanol–water partition coefficient (Wildman–Crippen LogP) is 5.67. The maximum atomic E-state index is 13.6. The van der Waals surface area contributed by atoms with Crippen molar-refractivity contribution in [3.8, 4) is 0 Å². The van der Waals surface area contributed by atoms with Gasteiger partial charge in [-0.15, -0.1) is 0 Å². The van der Waals surface area contributed by atoms with Crippen LogP contribution in [0.2, 0.25) is 0 Å². The minimum Gasteiger partial charge on any atom is -0.344 e. The number of rotatable bonds is 2. The van der Waals surface area contributed by atoms with Crippen LogP contribution in [0.4, 0.5) is 0 Å². The molecule has 0 atom stereocenters. The minimum atomic E-state index is 0.158. The molecule has 1 aliphatic rings. The number of aryl methyl sites for hydroxylation is 2. The van der Waals surface area contributed by atoms with E-state index < -0.39 is 0 Å². The second-order valence-electron chi connectivity index (χ2n) is 7.29. The summed E-state index contributed by atoms with van der Waals surface area (Å²) in [5.74, 6) is 0.158. The fourth-order valence-electron chi connectivity index (χ4n) is 4.46. The monoisotopic (exact) mass is 339 g/mol. The van der Waals surface area contributed by atoms with Crippen LogP contribution in [0.25, 0.3) is 21.7 Å². The molecule has 0 saturated heterocycles. The number of carbonyl (C=O) groups excluding carboxylic acids is 1. The van der Waals surface area contributed by atoms with Gasteiger partial charge in [-0.05, 0) is 60.7 Å². The fourth-order valence-corrected chi connectivity index (χ4v) is 4.46. The van der Waals surface area contributed by atoms with E-state index in [9.17, 15) is 4.79 Å². The van der Waals surface area contributed by atoms with Crippen LogP contribution in [0.15, 0.2) is 60.7 Å². The van der Waals surface area contributed by atoms with Crippen LogP contribution < -0.4 is 0 Å². The average molecular weight is 339 g/mol. The first-order valence-electron chi connectivity index (χ1n) is 9.38. The van der Waals surface area contributed by atoms with Crippen molar-refractivity contribution in [2.24, 2.45) is 0 Å². The van der Waals surface area contributed by atoms with E-state index >= 15 is 0 Å². The third kappa shape index (κ3) is 2.22. The Kier molecular flexibility index (Phi) is 3.46. The fraction of sp³-hybridized carbons (Fsp3) is 0.208. The molecule has 5 rings (SSSR count). The van der Waals surface area contributed by atoms with Gasteiger partial charge >= 0.3 is 0 Å². The molecule has 2 heterocycles. The van der Waals surface area contributed by atoms with Gasteiger partial charge in [0.05, 0.1) is 5.56 Å². The lowest BCUT2D eigenvalue weighted by Crippen LogP contribution is -2.13. The second kappa shape index (κ2) is 5.84. The Labute approximate surface area is 153 Å². The van der Waals surface area contributed by atoms with Crippen LogP contribution in [0.3, 0.4) is 0 Å². The summed E-state index contributed by atoms with van der Waals surface area (Å²) < 4.78 is 2.36. The molecule has 26 heavy (non-hydrogen) atoms. The molecule has 1 aliphatic heterocycles. The summed E-state index contributed by atoms with van der Waals surface area (Å²) in [6.07, 6.45) is 3.34. The van der Waals surface area contributed by atoms with Crippen molar-refractivity contribution in [1.82, 2.24) is 4.57 Å². The molecule has 0 saturated carbocycles. The highest BCUT2D eigenvalue weighted by atomic mass is 16.1. The molecule has 0 fully saturated rings. The molecule has 0 radical (unpaired) electrons. The number of para-hydroxylation sites is 1. The van der Waals surface area contributed by atoms with E-state index in [0.29, 0.717) is 0 Å². The van der Waals surface area contributed by atoms with Crippen LogP contribution in [-0.4, -0.2) is 10.4 Å². The number of hydrogen-bond acceptors (Lipinski definition) is 1. The van der Waals surface area contributed by atoms with Crippen molar-refractivity contribution in [3.63, 3.8) is 0 Å². The zero-order valence-corrected chi connectivity index (χ0v) is 15.0. The van der Waals surface area contributed by atoms with E-state index in [2.05, 4.69) is 47.9 Å². The van der Waals surface area contributed by atoms with Gasteiger partial charge in [0.2, 0.25) is 0 Å². The summed E-state index contributed by atoms with van der Waals surface area (Å²) in [5.41, 5.74) is 5.28. The summed E-state index contributed by atoms with van der Waals surface area (Å²) in [4.78, 5) is 13.6. The first-order valence-corrected chi connectivity index (χ1v) is 9.38. The molecule has 128 valence electrons. The van der Waals surface area contributed by atoms with Gasteiger partial charge in [-0.1, -0.05) is 42.5 Å². The highest BCUT2D eigenvalue weighted by molar-refractivity contribution is 6.18. The van der Waals surface area contributed by atoms with Gasteiger partial charge < -0.3 is 4.57 Å². The molecular formula is C24H21NO. The molecule has 4 aromatic rings. The lowest BCUT2D eigenvalue weighted by atomic mass is 9.94. The molecule has 0 amide bonds. The van der Waals surface area contributed by atoms with E-state index in [1.165, 1.54) is 23.0 Å². The first-order chi connectivity index (χ1) is 12.7. The maximum absolute atomic E-state index is 13.6. The molecule has 0 unspecified atom stereocenters. The second-order valence-corrected chi connectivity index (χ2v) is 7.29. The van der Waals surface area contributed by atoms with E-state index in [-0.39, 0.29) is 5.78 Å². The minimum absolute atomic E-state index is 0.158. The molecular weight excluding hydrogens is 318 g/mol. The van der Waals surface area contributed by atoms with Crippen molar-refractivity contribution in [1.29, 1.82) is 0 Å². The molecule has 1 aromatic heterocycles. The number of hydrogen-bond donors (Lipinski definition) is 0. The van der Waals surface area contributed by atoms with Crippen molar-refractivity contribution < 1.29 is 4.79 Å². The lowest BCUT2D eigenvalue weighted by molar-refractivity contribution is 0.103. The summed E-state index contributed by atoms with van der Waals surface area (Å²) in [7, 11) is 0. The number of aromatic nitrogens is 1. The van der Waals surface area contributed by atoms with Crippen LogP contribution >= 0.6 is 0 Å². The molecule has 0 spiro atoms. The quantitative estimate of drug-likeness (QED) is 0.431. The van der Waals surface area contributed by atoms with Crippen molar-refractivity contribution >= 4 is 27.5 Å². The smallest absolute Gasteiger partial charge is 0.195 e. The third-order valence-electron chi connectivity index (χ3n) is 5.68. The molecule has 0 aliphatic carbocycles. The highest BCUT2D eigenvalue weighted by Crippen LogP contribution is 2.33. The lowest BCUT2D eigenvalue weighted by Gasteiger charge is -2.17. The van der Waals surface area contributed by atoms with Gasteiger partial charge in [0.1, 0.15) is 0 Å². The Morgan fingerprint density at radius 3 is 2.58 bits per heavy atom. The summed E-state index contributed by atoms with van der Waals surface area (Å²) >= 11 is 0. The molecule has 0 bridgehead atoms. The van der Waals surface area contributed by atoms with Gasteiger partial charge in [-0.3, -0.25) is 4.79 Å². The Balaban J connectivity index is 1.75. The Hall–Kier alpha value is -2.87. The van der Waals surface area contributed by atoms with E-state index in [4.69, 9.17) is 0 Å². The first kappa shape index (κ1) is 15.4. The van der Waals surface area contributed by atoms with Gasteiger partial charge in [0.25, 0.3) is 0 Å². The standard InChI is InChI=1S/C24H21NO/c1-16-14-18(15-17-8-2-3-9-19(16)17)24(26)23-20-10-4-5-11-21(20)25-13-7-6-12-22(23)25/h2-5,8-11,14-15H,6-7,12-13H2,1H3. The zero-order valence-electron chi connectivity index (χ0n) is 15.0. The molecule has 0 N–H and O–H groups in total. The zero-order chi connectivity index (χ0) is 17.7. The van der Waals surface area contributed by atoms with Gasteiger partial charge in [-0.25, -0.2) is 0 Å². The van der Waals surface area contributed by atoms with Gasteiger partial charge in [0.15, 0.2) is 5.78 Å². The predicted molar refractivity (Wildman–Crippen MR) is 107 cm³/mol. The number of carbonyl (C=O) groups is 1. The van der Waals surface area contributed by atoms with E-state index in [1.807, 2.05) is 24.3 Å². The number of nitrogens with zero attached hydrogens (tertiary/aromatic N) is 1. The van der Waals surface area contributed by atoms with Crippen molar-refractivity contribution in [2.75, 3.05) is 0 Å². The van der Waals surface area contributed by atoms with Crippen LogP contribution in [0.1, 0.15) is 40.0 Å².